The number of sulfonamides is 1. The van der Waals surface area contributed by atoms with Crippen LogP contribution >= 0.6 is 0 Å². The summed E-state index contributed by atoms with van der Waals surface area (Å²) in [6, 6.07) is 0. The number of carbonyl (C=O) groups is 1. The number of piperidine rings is 1. The Morgan fingerprint density at radius 1 is 1.47 bits per heavy atom. The average molecular weight is 287 g/mol. The highest BCUT2D eigenvalue weighted by Crippen LogP contribution is 2.27. The fourth-order valence-electron chi connectivity index (χ4n) is 2.36. The van der Waals surface area contributed by atoms with Crippen molar-refractivity contribution in [1.29, 1.82) is 0 Å². The number of amides is 1. The van der Waals surface area contributed by atoms with Gasteiger partial charge in [0.05, 0.1) is 5.92 Å². The van der Waals surface area contributed by atoms with Crippen LogP contribution in [0.5, 0.6) is 0 Å². The fourth-order valence-corrected chi connectivity index (χ4v) is 4.18. The molecule has 1 aliphatic heterocycles. The van der Waals surface area contributed by atoms with Gasteiger partial charge in [0.25, 0.3) is 0 Å². The molecule has 0 unspecified atom stereocenters. The Hall–Kier alpha value is -1.41. The molecule has 2 rings (SSSR count). The van der Waals surface area contributed by atoms with Crippen molar-refractivity contribution in [3.05, 3.63) is 11.5 Å². The Balaban J connectivity index is 2.32. The second kappa shape index (κ2) is 4.93. The number of aromatic nitrogens is 1. The van der Waals surface area contributed by atoms with Crippen molar-refractivity contribution in [3.63, 3.8) is 0 Å². The maximum absolute atomic E-state index is 12.5. The van der Waals surface area contributed by atoms with Gasteiger partial charge in [0.2, 0.25) is 15.9 Å². The van der Waals surface area contributed by atoms with Crippen molar-refractivity contribution in [1.82, 2.24) is 9.46 Å². The fraction of sp³-hybridized carbons (Fsp3) is 0.636. The van der Waals surface area contributed by atoms with Gasteiger partial charge in [-0.15, -0.1) is 0 Å². The van der Waals surface area contributed by atoms with E-state index in [1.165, 1.54) is 4.31 Å². The minimum absolute atomic E-state index is 0.0950. The van der Waals surface area contributed by atoms with E-state index >= 15 is 0 Å². The van der Waals surface area contributed by atoms with Gasteiger partial charge in [-0.25, -0.2) is 8.42 Å². The van der Waals surface area contributed by atoms with Gasteiger partial charge >= 0.3 is 0 Å². The van der Waals surface area contributed by atoms with E-state index in [2.05, 4.69) is 5.16 Å². The number of aryl methyl sites for hydroxylation is 2. The molecule has 0 bridgehead atoms. The molecular weight excluding hydrogens is 270 g/mol. The number of hydrogen-bond donors (Lipinski definition) is 1. The molecule has 1 saturated heterocycles. The van der Waals surface area contributed by atoms with E-state index in [0.717, 1.165) is 0 Å². The summed E-state index contributed by atoms with van der Waals surface area (Å²) in [7, 11) is -3.68. The molecule has 1 aromatic heterocycles. The molecule has 0 saturated carbocycles. The summed E-state index contributed by atoms with van der Waals surface area (Å²) in [5.41, 5.74) is 5.59. The first-order valence-electron chi connectivity index (χ1n) is 6.06. The quantitative estimate of drug-likeness (QED) is 0.853. The molecule has 1 amide bonds. The van der Waals surface area contributed by atoms with E-state index in [1.807, 2.05) is 0 Å². The van der Waals surface area contributed by atoms with E-state index in [-0.39, 0.29) is 17.2 Å². The van der Waals surface area contributed by atoms with Crippen LogP contribution in [0.2, 0.25) is 0 Å². The smallest absolute Gasteiger partial charge is 0.248 e. The largest absolute Gasteiger partial charge is 0.369 e. The highest BCUT2D eigenvalue weighted by molar-refractivity contribution is 7.89. The van der Waals surface area contributed by atoms with Gasteiger partial charge in [-0.2, -0.15) is 4.31 Å². The van der Waals surface area contributed by atoms with Gasteiger partial charge in [-0.1, -0.05) is 5.16 Å². The predicted molar refractivity (Wildman–Crippen MR) is 66.7 cm³/mol. The van der Waals surface area contributed by atoms with Gasteiger partial charge in [-0.05, 0) is 26.7 Å². The maximum atomic E-state index is 12.5. The van der Waals surface area contributed by atoms with Crippen molar-refractivity contribution in [3.8, 4) is 0 Å². The van der Waals surface area contributed by atoms with Crippen LogP contribution in [0.25, 0.3) is 0 Å². The van der Waals surface area contributed by atoms with Crippen molar-refractivity contribution < 1.29 is 17.7 Å². The number of rotatable bonds is 3. The third kappa shape index (κ3) is 2.50. The van der Waals surface area contributed by atoms with Crippen LogP contribution in [-0.4, -0.2) is 36.9 Å². The standard InChI is InChI=1S/C11H17N3O4S/c1-7-10(8(2)18-13-7)19(16,17)14-5-3-4-9(6-14)11(12)15/h9H,3-6H2,1-2H3,(H2,12,15)/t9-/m1/s1. The average Bonchev–Trinajstić information content (AvgIpc) is 2.69. The number of hydrogen-bond acceptors (Lipinski definition) is 5. The molecule has 1 aliphatic rings. The Bertz CT molecular complexity index is 574. The van der Waals surface area contributed by atoms with E-state index in [9.17, 15) is 13.2 Å². The molecule has 1 aromatic rings. The van der Waals surface area contributed by atoms with Gasteiger partial charge < -0.3 is 10.3 Å². The zero-order valence-corrected chi connectivity index (χ0v) is 11.7. The monoisotopic (exact) mass is 287 g/mol. The second-order valence-corrected chi connectivity index (χ2v) is 6.63. The van der Waals surface area contributed by atoms with Crippen molar-refractivity contribution in [2.45, 2.75) is 31.6 Å². The van der Waals surface area contributed by atoms with Crippen LogP contribution < -0.4 is 5.73 Å². The summed E-state index contributed by atoms with van der Waals surface area (Å²) >= 11 is 0. The lowest BCUT2D eigenvalue weighted by molar-refractivity contribution is -0.122. The number of primary amides is 1. The van der Waals surface area contributed by atoms with Crippen LogP contribution in [0.1, 0.15) is 24.3 Å². The molecular formula is C11H17N3O4S. The molecule has 0 aliphatic carbocycles. The number of nitrogens with zero attached hydrogens (tertiary/aromatic N) is 2. The first-order valence-corrected chi connectivity index (χ1v) is 7.50. The van der Waals surface area contributed by atoms with Gasteiger partial charge in [0.15, 0.2) is 5.76 Å². The summed E-state index contributed by atoms with van der Waals surface area (Å²) < 4.78 is 31.3. The van der Waals surface area contributed by atoms with E-state index < -0.39 is 21.8 Å². The zero-order chi connectivity index (χ0) is 14.2. The van der Waals surface area contributed by atoms with Crippen LogP contribution in [0.4, 0.5) is 0 Å². The number of nitrogens with two attached hydrogens (primary N) is 1. The Morgan fingerprint density at radius 3 is 2.68 bits per heavy atom. The molecule has 8 heteroatoms. The lowest BCUT2D eigenvalue weighted by Crippen LogP contribution is -2.44. The third-order valence-corrected chi connectivity index (χ3v) is 5.46. The summed E-state index contributed by atoms with van der Waals surface area (Å²) in [6.07, 6.45) is 1.25. The van der Waals surface area contributed by atoms with Crippen molar-refractivity contribution in [2.75, 3.05) is 13.1 Å². The summed E-state index contributed by atoms with van der Waals surface area (Å²) in [4.78, 5) is 11.3. The molecule has 0 radical (unpaired) electrons. The van der Waals surface area contributed by atoms with Crippen LogP contribution in [0.3, 0.4) is 0 Å². The van der Waals surface area contributed by atoms with Crippen LogP contribution in [0.15, 0.2) is 9.42 Å². The van der Waals surface area contributed by atoms with E-state index in [1.54, 1.807) is 13.8 Å². The van der Waals surface area contributed by atoms with Crippen LogP contribution in [0, 0.1) is 19.8 Å². The molecule has 0 spiro atoms. The normalized spacial score (nSPS) is 21.5. The molecule has 1 fully saturated rings. The maximum Gasteiger partial charge on any atom is 0.248 e. The van der Waals surface area contributed by atoms with Crippen molar-refractivity contribution >= 4 is 15.9 Å². The van der Waals surface area contributed by atoms with Gasteiger partial charge in [-0.3, -0.25) is 4.79 Å². The molecule has 1 atom stereocenters. The predicted octanol–water partition coefficient (Wildman–Crippen LogP) is 0.177. The molecule has 19 heavy (non-hydrogen) atoms. The summed E-state index contributed by atoms with van der Waals surface area (Å²) in [5, 5.41) is 3.66. The molecule has 106 valence electrons. The third-order valence-electron chi connectivity index (χ3n) is 3.35. The van der Waals surface area contributed by atoms with Gasteiger partial charge in [0, 0.05) is 13.1 Å². The Labute approximate surface area is 111 Å². The Morgan fingerprint density at radius 2 is 2.16 bits per heavy atom. The minimum Gasteiger partial charge on any atom is -0.369 e. The molecule has 7 nitrogen and oxygen atoms in total. The molecule has 2 N–H and O–H groups in total. The second-order valence-electron chi connectivity index (χ2n) is 4.76. The topological polar surface area (TPSA) is 106 Å². The lowest BCUT2D eigenvalue weighted by atomic mass is 9.99. The highest BCUT2D eigenvalue weighted by Gasteiger charge is 2.35. The highest BCUT2D eigenvalue weighted by atomic mass is 32.2. The number of carbonyl (C=O) groups excluding carboxylic acids is 1. The Kier molecular flexibility index (Phi) is 3.64. The first kappa shape index (κ1) is 14.0. The van der Waals surface area contributed by atoms with E-state index in [4.69, 9.17) is 10.3 Å². The first-order chi connectivity index (χ1) is 8.84. The van der Waals surface area contributed by atoms with Gasteiger partial charge in [0.1, 0.15) is 10.6 Å². The minimum atomic E-state index is -3.68. The zero-order valence-electron chi connectivity index (χ0n) is 10.9. The molecule has 0 aromatic carbocycles. The van der Waals surface area contributed by atoms with E-state index in [0.29, 0.717) is 25.1 Å². The van der Waals surface area contributed by atoms with Crippen molar-refractivity contribution in [2.24, 2.45) is 11.7 Å². The lowest BCUT2D eigenvalue weighted by Gasteiger charge is -2.30. The summed E-state index contributed by atoms with van der Waals surface area (Å²) in [6.45, 7) is 3.65. The van der Waals surface area contributed by atoms with Crippen LogP contribution in [-0.2, 0) is 14.8 Å². The molecule has 2 heterocycles. The summed E-state index contributed by atoms with van der Waals surface area (Å²) in [5.74, 6) is -0.624. The SMILES string of the molecule is Cc1noc(C)c1S(=O)(=O)N1CCC[C@@H](C(N)=O)C1.